The predicted molar refractivity (Wildman–Crippen MR) is 90.1 cm³/mol. The van der Waals surface area contributed by atoms with Gasteiger partial charge in [-0.25, -0.2) is 4.98 Å². The lowest BCUT2D eigenvalue weighted by molar-refractivity contribution is 0.203. The van der Waals surface area contributed by atoms with Crippen molar-refractivity contribution in [3.8, 4) is 0 Å². The first-order valence-electron chi connectivity index (χ1n) is 7.96. The van der Waals surface area contributed by atoms with E-state index in [9.17, 15) is 0 Å². The highest BCUT2D eigenvalue weighted by atomic mass is 16.5. The number of nitrogens with zero attached hydrogens (tertiary/aromatic N) is 2. The average molecular weight is 293 g/mol. The van der Waals surface area contributed by atoms with Crippen LogP contribution >= 0.6 is 0 Å². The highest BCUT2D eigenvalue weighted by Gasteiger charge is 2.14. The Kier molecular flexibility index (Phi) is 7.68. The molecule has 1 heterocycles. The first kappa shape index (κ1) is 17.9. The molecule has 1 aromatic rings. The topological polar surface area (TPSA) is 37.4 Å². The molecule has 0 atom stereocenters. The van der Waals surface area contributed by atoms with E-state index in [0.717, 1.165) is 31.1 Å². The zero-order chi connectivity index (χ0) is 15.8. The van der Waals surface area contributed by atoms with Gasteiger partial charge in [0, 0.05) is 31.9 Å². The summed E-state index contributed by atoms with van der Waals surface area (Å²) in [6, 6.07) is 4.82. The maximum absolute atomic E-state index is 5.24. The minimum atomic E-state index is 0.405. The Morgan fingerprint density at radius 3 is 2.48 bits per heavy atom. The summed E-state index contributed by atoms with van der Waals surface area (Å²) in [5.41, 5.74) is 2.46. The Balaban J connectivity index is 3.08. The van der Waals surface area contributed by atoms with E-state index in [1.807, 2.05) is 0 Å². The number of aromatic nitrogens is 1. The quantitative estimate of drug-likeness (QED) is 0.759. The molecule has 0 aromatic carbocycles. The van der Waals surface area contributed by atoms with Gasteiger partial charge in [-0.3, -0.25) is 0 Å². The third kappa shape index (κ3) is 5.64. The second-order valence-corrected chi connectivity index (χ2v) is 5.97. The number of nitrogens with one attached hydrogen (secondary N) is 1. The standard InChI is InChI=1S/C17H31N3O/c1-7-18-12-15-10-16(13(2)3)19-17(11-15)20(14(4)5)8-9-21-6/h10-11,13-14,18H,7-9,12H2,1-6H3. The van der Waals surface area contributed by atoms with Crippen molar-refractivity contribution in [2.24, 2.45) is 0 Å². The number of hydrogen-bond acceptors (Lipinski definition) is 4. The molecule has 0 radical (unpaired) electrons. The number of anilines is 1. The van der Waals surface area contributed by atoms with Crippen molar-refractivity contribution < 1.29 is 4.74 Å². The summed E-state index contributed by atoms with van der Waals surface area (Å²) in [7, 11) is 1.74. The number of rotatable bonds is 9. The van der Waals surface area contributed by atoms with Crippen LogP contribution in [-0.2, 0) is 11.3 Å². The Hall–Kier alpha value is -1.13. The molecular weight excluding hydrogens is 262 g/mol. The SMILES string of the molecule is CCNCc1cc(C(C)C)nc(N(CCOC)C(C)C)c1. The molecule has 120 valence electrons. The van der Waals surface area contributed by atoms with Gasteiger partial charge < -0.3 is 15.0 Å². The summed E-state index contributed by atoms with van der Waals surface area (Å²) >= 11 is 0. The number of hydrogen-bond donors (Lipinski definition) is 1. The smallest absolute Gasteiger partial charge is 0.129 e. The lowest BCUT2D eigenvalue weighted by atomic mass is 10.1. The van der Waals surface area contributed by atoms with Crippen LogP contribution in [-0.4, -0.2) is 37.8 Å². The van der Waals surface area contributed by atoms with E-state index in [2.05, 4.69) is 57.0 Å². The van der Waals surface area contributed by atoms with E-state index < -0.39 is 0 Å². The molecule has 0 fully saturated rings. The molecule has 0 spiro atoms. The molecule has 21 heavy (non-hydrogen) atoms. The van der Waals surface area contributed by atoms with E-state index in [1.165, 1.54) is 5.56 Å². The van der Waals surface area contributed by atoms with Crippen molar-refractivity contribution in [2.45, 2.75) is 53.1 Å². The van der Waals surface area contributed by atoms with Gasteiger partial charge in [0.2, 0.25) is 0 Å². The molecule has 0 saturated heterocycles. The van der Waals surface area contributed by atoms with Crippen molar-refractivity contribution in [1.29, 1.82) is 0 Å². The first-order valence-corrected chi connectivity index (χ1v) is 7.96. The molecule has 1 N–H and O–H groups in total. The first-order chi connectivity index (χ1) is 9.99. The van der Waals surface area contributed by atoms with Crippen molar-refractivity contribution in [1.82, 2.24) is 10.3 Å². The van der Waals surface area contributed by atoms with Crippen molar-refractivity contribution in [2.75, 3.05) is 31.7 Å². The zero-order valence-electron chi connectivity index (χ0n) is 14.4. The van der Waals surface area contributed by atoms with E-state index in [1.54, 1.807) is 7.11 Å². The van der Waals surface area contributed by atoms with E-state index in [-0.39, 0.29) is 0 Å². The molecule has 0 amide bonds. The highest BCUT2D eigenvalue weighted by molar-refractivity contribution is 5.44. The molecule has 0 aliphatic rings. The van der Waals surface area contributed by atoms with Crippen LogP contribution in [0.25, 0.3) is 0 Å². The molecule has 4 heteroatoms. The fraction of sp³-hybridized carbons (Fsp3) is 0.706. The van der Waals surface area contributed by atoms with Crippen LogP contribution in [0.15, 0.2) is 12.1 Å². The van der Waals surface area contributed by atoms with E-state index in [4.69, 9.17) is 9.72 Å². The van der Waals surface area contributed by atoms with Crippen LogP contribution in [0.5, 0.6) is 0 Å². The summed E-state index contributed by atoms with van der Waals surface area (Å²) < 4.78 is 5.24. The van der Waals surface area contributed by atoms with Crippen LogP contribution in [0.4, 0.5) is 5.82 Å². The van der Waals surface area contributed by atoms with Gasteiger partial charge in [0.1, 0.15) is 5.82 Å². The van der Waals surface area contributed by atoms with Crippen LogP contribution in [0.3, 0.4) is 0 Å². The summed E-state index contributed by atoms with van der Waals surface area (Å²) in [6.45, 7) is 14.4. The third-order valence-electron chi connectivity index (χ3n) is 3.52. The lowest BCUT2D eigenvalue weighted by Crippen LogP contribution is -2.34. The minimum absolute atomic E-state index is 0.405. The van der Waals surface area contributed by atoms with E-state index in [0.29, 0.717) is 18.6 Å². The fourth-order valence-electron chi connectivity index (χ4n) is 2.24. The van der Waals surface area contributed by atoms with Gasteiger partial charge in [-0.2, -0.15) is 0 Å². The van der Waals surface area contributed by atoms with Crippen molar-refractivity contribution in [3.05, 3.63) is 23.4 Å². The maximum atomic E-state index is 5.24. The van der Waals surface area contributed by atoms with Gasteiger partial charge in [0.05, 0.1) is 6.61 Å². The number of pyridine rings is 1. The lowest BCUT2D eigenvalue weighted by Gasteiger charge is -2.29. The average Bonchev–Trinajstić information content (AvgIpc) is 2.45. The summed E-state index contributed by atoms with van der Waals surface area (Å²) in [5, 5.41) is 3.40. The second-order valence-electron chi connectivity index (χ2n) is 5.97. The molecule has 0 bridgehead atoms. The summed E-state index contributed by atoms with van der Waals surface area (Å²) in [4.78, 5) is 7.17. The zero-order valence-corrected chi connectivity index (χ0v) is 14.4. The number of ether oxygens (including phenoxy) is 1. The molecular formula is C17H31N3O. The predicted octanol–water partition coefficient (Wildman–Crippen LogP) is 3.18. The molecule has 1 rings (SSSR count). The fourth-order valence-corrected chi connectivity index (χ4v) is 2.24. The minimum Gasteiger partial charge on any atom is -0.383 e. The van der Waals surface area contributed by atoms with Crippen LogP contribution in [0.2, 0.25) is 0 Å². The second kappa shape index (κ2) is 9.00. The molecule has 1 aromatic heterocycles. The van der Waals surface area contributed by atoms with Crippen LogP contribution in [0.1, 0.15) is 51.8 Å². The highest BCUT2D eigenvalue weighted by Crippen LogP contribution is 2.22. The van der Waals surface area contributed by atoms with Crippen molar-refractivity contribution in [3.63, 3.8) is 0 Å². The van der Waals surface area contributed by atoms with Gasteiger partial charge in [0.15, 0.2) is 0 Å². The molecule has 0 unspecified atom stereocenters. The maximum Gasteiger partial charge on any atom is 0.129 e. The Labute approximate surface area is 129 Å². The third-order valence-corrected chi connectivity index (χ3v) is 3.52. The molecule has 0 saturated carbocycles. The van der Waals surface area contributed by atoms with Gasteiger partial charge in [0.25, 0.3) is 0 Å². The molecule has 0 aliphatic heterocycles. The van der Waals surface area contributed by atoms with Crippen LogP contribution in [0, 0.1) is 0 Å². The van der Waals surface area contributed by atoms with Gasteiger partial charge in [-0.15, -0.1) is 0 Å². The Bertz CT molecular complexity index is 418. The van der Waals surface area contributed by atoms with Gasteiger partial charge in [-0.05, 0) is 44.0 Å². The van der Waals surface area contributed by atoms with E-state index >= 15 is 0 Å². The molecule has 4 nitrogen and oxygen atoms in total. The monoisotopic (exact) mass is 293 g/mol. The van der Waals surface area contributed by atoms with Crippen LogP contribution < -0.4 is 10.2 Å². The van der Waals surface area contributed by atoms with Gasteiger partial charge >= 0.3 is 0 Å². The van der Waals surface area contributed by atoms with Crippen molar-refractivity contribution >= 4 is 5.82 Å². The largest absolute Gasteiger partial charge is 0.383 e. The number of methoxy groups -OCH3 is 1. The normalized spacial score (nSPS) is 11.4. The summed E-state index contributed by atoms with van der Waals surface area (Å²) in [6.07, 6.45) is 0. The molecule has 0 aliphatic carbocycles. The summed E-state index contributed by atoms with van der Waals surface area (Å²) in [5.74, 6) is 1.49. The van der Waals surface area contributed by atoms with Gasteiger partial charge in [-0.1, -0.05) is 20.8 Å². The Morgan fingerprint density at radius 1 is 1.24 bits per heavy atom. The Morgan fingerprint density at radius 2 is 1.95 bits per heavy atom.